The fourth-order valence-electron chi connectivity index (χ4n) is 2.66. The van der Waals surface area contributed by atoms with Crippen molar-refractivity contribution in [3.05, 3.63) is 51.5 Å². The zero-order valence-corrected chi connectivity index (χ0v) is 18.0. The maximum Gasteiger partial charge on any atom is 0.251 e. The van der Waals surface area contributed by atoms with Crippen LogP contribution in [0, 0.1) is 0 Å². The molecule has 0 fully saturated rings. The van der Waals surface area contributed by atoms with Crippen molar-refractivity contribution in [2.24, 2.45) is 4.99 Å². The molecule has 0 spiro atoms. The lowest BCUT2D eigenvalue weighted by atomic mass is 10.1. The van der Waals surface area contributed by atoms with Gasteiger partial charge in [-0.25, -0.2) is 4.98 Å². The van der Waals surface area contributed by atoms with Crippen molar-refractivity contribution in [1.82, 2.24) is 20.9 Å². The summed E-state index contributed by atoms with van der Waals surface area (Å²) in [6, 6.07) is 7.70. The Morgan fingerprint density at radius 1 is 1.25 bits per heavy atom. The second-order valence-corrected chi connectivity index (χ2v) is 7.69. The largest absolute Gasteiger partial charge is 0.357 e. The Hall–Kier alpha value is -2.41. The molecule has 0 saturated heterocycles. The molecule has 6 nitrogen and oxygen atoms in total. The fraction of sp³-hybridized carbons (Fsp3) is 0.476. The highest BCUT2D eigenvalue weighted by Gasteiger charge is 2.06. The predicted molar refractivity (Wildman–Crippen MR) is 117 cm³/mol. The van der Waals surface area contributed by atoms with Crippen molar-refractivity contribution >= 4 is 23.2 Å². The average molecular weight is 402 g/mol. The van der Waals surface area contributed by atoms with Gasteiger partial charge in [0.05, 0.1) is 10.7 Å². The van der Waals surface area contributed by atoms with E-state index in [1.54, 1.807) is 18.4 Å². The van der Waals surface area contributed by atoms with Gasteiger partial charge >= 0.3 is 0 Å². The molecule has 0 bridgehead atoms. The average Bonchev–Trinajstić information content (AvgIpc) is 3.17. The van der Waals surface area contributed by atoms with Gasteiger partial charge in [0.2, 0.25) is 0 Å². The van der Waals surface area contributed by atoms with E-state index in [2.05, 4.69) is 52.1 Å². The second kappa shape index (κ2) is 11.4. The monoisotopic (exact) mass is 401 g/mol. The van der Waals surface area contributed by atoms with Gasteiger partial charge < -0.3 is 16.0 Å². The number of amides is 1. The molecule has 0 aliphatic heterocycles. The Bertz CT molecular complexity index is 785. The van der Waals surface area contributed by atoms with Crippen molar-refractivity contribution in [2.75, 3.05) is 26.7 Å². The first-order valence-corrected chi connectivity index (χ1v) is 10.7. The van der Waals surface area contributed by atoms with Crippen molar-refractivity contribution in [3.63, 3.8) is 0 Å². The number of thiazole rings is 1. The minimum atomic E-state index is -0.0626. The quantitative estimate of drug-likeness (QED) is 0.446. The molecule has 1 heterocycles. The summed E-state index contributed by atoms with van der Waals surface area (Å²) in [5.74, 6) is 1.22. The first-order valence-electron chi connectivity index (χ1n) is 9.81. The molecule has 3 N–H and O–H groups in total. The van der Waals surface area contributed by atoms with Crippen molar-refractivity contribution in [3.8, 4) is 0 Å². The predicted octanol–water partition coefficient (Wildman–Crippen LogP) is 2.97. The van der Waals surface area contributed by atoms with Crippen LogP contribution in [0.5, 0.6) is 0 Å². The number of benzene rings is 1. The standard InChI is InChI=1S/C21H31N5OS/c1-5-23-21(25-12-10-18-14-28-20(26-18)15(2)3)24-11-9-16-7-6-8-17(13-16)19(27)22-4/h6-8,13-15H,5,9-12H2,1-4H3,(H,22,27)(H2,23,24,25). The molecular formula is C21H31N5OS. The molecular weight excluding hydrogens is 370 g/mol. The number of carbonyl (C=O) groups is 1. The normalized spacial score (nSPS) is 11.5. The number of carbonyl (C=O) groups excluding carboxylic acids is 1. The van der Waals surface area contributed by atoms with Gasteiger partial charge in [0.25, 0.3) is 5.91 Å². The molecule has 0 radical (unpaired) electrons. The van der Waals surface area contributed by atoms with E-state index >= 15 is 0 Å². The lowest BCUT2D eigenvalue weighted by Crippen LogP contribution is -2.38. The molecule has 7 heteroatoms. The summed E-state index contributed by atoms with van der Waals surface area (Å²) < 4.78 is 0. The van der Waals surface area contributed by atoms with Gasteiger partial charge in [-0.3, -0.25) is 9.79 Å². The molecule has 0 aliphatic rings. The SMILES string of the molecule is CCNC(=NCCc1csc(C(C)C)n1)NCCc1cccc(C(=O)NC)c1. The molecule has 0 saturated carbocycles. The van der Waals surface area contributed by atoms with E-state index in [1.165, 1.54) is 5.01 Å². The third kappa shape index (κ3) is 6.96. The van der Waals surface area contributed by atoms with Crippen LogP contribution in [-0.4, -0.2) is 43.5 Å². The van der Waals surface area contributed by atoms with Crippen molar-refractivity contribution < 1.29 is 4.79 Å². The summed E-state index contributed by atoms with van der Waals surface area (Å²) in [6.07, 6.45) is 1.66. The molecule has 0 atom stereocenters. The Labute approximate surface area is 171 Å². The van der Waals surface area contributed by atoms with E-state index in [0.29, 0.717) is 18.0 Å². The number of aromatic nitrogens is 1. The summed E-state index contributed by atoms with van der Waals surface area (Å²) in [5, 5.41) is 12.6. The first-order chi connectivity index (χ1) is 13.5. The molecule has 0 unspecified atom stereocenters. The zero-order chi connectivity index (χ0) is 20.4. The van der Waals surface area contributed by atoms with Gasteiger partial charge in [-0.1, -0.05) is 26.0 Å². The lowest BCUT2D eigenvalue weighted by Gasteiger charge is -2.11. The molecule has 1 amide bonds. The smallest absolute Gasteiger partial charge is 0.251 e. The Morgan fingerprint density at radius 3 is 2.75 bits per heavy atom. The molecule has 152 valence electrons. The molecule has 28 heavy (non-hydrogen) atoms. The Balaban J connectivity index is 1.84. The topological polar surface area (TPSA) is 78.4 Å². The highest BCUT2D eigenvalue weighted by atomic mass is 32.1. The zero-order valence-electron chi connectivity index (χ0n) is 17.2. The number of guanidine groups is 1. The summed E-state index contributed by atoms with van der Waals surface area (Å²) in [5.41, 5.74) is 2.91. The summed E-state index contributed by atoms with van der Waals surface area (Å²) in [7, 11) is 1.64. The van der Waals surface area contributed by atoms with E-state index in [4.69, 9.17) is 0 Å². The minimum Gasteiger partial charge on any atom is -0.357 e. The van der Waals surface area contributed by atoms with Crippen LogP contribution in [0.1, 0.15) is 53.3 Å². The number of nitrogens with zero attached hydrogens (tertiary/aromatic N) is 2. The molecule has 1 aromatic carbocycles. The van der Waals surface area contributed by atoms with Crippen molar-refractivity contribution in [2.45, 2.75) is 39.5 Å². The summed E-state index contributed by atoms with van der Waals surface area (Å²) >= 11 is 1.72. The number of rotatable bonds is 9. The summed E-state index contributed by atoms with van der Waals surface area (Å²) in [6.45, 7) is 8.64. The van der Waals surface area contributed by atoms with Gasteiger partial charge in [0.1, 0.15) is 0 Å². The van der Waals surface area contributed by atoms with Crippen LogP contribution in [0.25, 0.3) is 0 Å². The van der Waals surface area contributed by atoms with E-state index in [0.717, 1.165) is 43.1 Å². The fourth-order valence-corrected chi connectivity index (χ4v) is 3.53. The van der Waals surface area contributed by atoms with E-state index < -0.39 is 0 Å². The number of nitrogens with one attached hydrogen (secondary N) is 3. The second-order valence-electron chi connectivity index (χ2n) is 6.80. The molecule has 1 aromatic heterocycles. The lowest BCUT2D eigenvalue weighted by molar-refractivity contribution is 0.0963. The minimum absolute atomic E-state index is 0.0626. The van der Waals surface area contributed by atoms with Gasteiger partial charge in [-0.2, -0.15) is 0 Å². The van der Waals surface area contributed by atoms with Crippen molar-refractivity contribution in [1.29, 1.82) is 0 Å². The van der Waals surface area contributed by atoms with E-state index in [-0.39, 0.29) is 5.91 Å². The molecule has 2 aromatic rings. The van der Waals surface area contributed by atoms with Gasteiger partial charge in [0.15, 0.2) is 5.96 Å². The number of hydrogen-bond acceptors (Lipinski definition) is 4. The third-order valence-electron chi connectivity index (χ3n) is 4.17. The maximum absolute atomic E-state index is 11.7. The summed E-state index contributed by atoms with van der Waals surface area (Å²) in [4.78, 5) is 21.1. The van der Waals surface area contributed by atoms with Crippen LogP contribution in [0.3, 0.4) is 0 Å². The van der Waals surface area contributed by atoms with Crippen LogP contribution in [0.2, 0.25) is 0 Å². The van der Waals surface area contributed by atoms with Crippen LogP contribution in [0.15, 0.2) is 34.6 Å². The molecule has 2 rings (SSSR count). The maximum atomic E-state index is 11.7. The van der Waals surface area contributed by atoms with E-state index in [1.807, 2.05) is 24.3 Å². The van der Waals surface area contributed by atoms with Gasteiger partial charge in [0, 0.05) is 50.0 Å². The van der Waals surface area contributed by atoms with Gasteiger partial charge in [-0.15, -0.1) is 11.3 Å². The number of aliphatic imine (C=N–C) groups is 1. The Kier molecular flexibility index (Phi) is 8.94. The van der Waals surface area contributed by atoms with Crippen LogP contribution >= 0.6 is 11.3 Å². The van der Waals surface area contributed by atoms with Crippen LogP contribution in [-0.2, 0) is 12.8 Å². The van der Waals surface area contributed by atoms with E-state index in [9.17, 15) is 4.79 Å². The Morgan fingerprint density at radius 2 is 2.07 bits per heavy atom. The first kappa shape index (κ1) is 21.9. The molecule has 0 aliphatic carbocycles. The van der Waals surface area contributed by atoms with Gasteiger partial charge in [-0.05, 0) is 31.0 Å². The highest BCUT2D eigenvalue weighted by Crippen LogP contribution is 2.19. The number of hydrogen-bond donors (Lipinski definition) is 3. The third-order valence-corrected chi connectivity index (χ3v) is 5.36. The highest BCUT2D eigenvalue weighted by molar-refractivity contribution is 7.09. The van der Waals surface area contributed by atoms with Crippen LogP contribution < -0.4 is 16.0 Å². The van der Waals surface area contributed by atoms with Crippen LogP contribution in [0.4, 0.5) is 0 Å².